The molecule has 2 unspecified atom stereocenters. The molecule has 1 saturated carbocycles. The van der Waals surface area contributed by atoms with E-state index in [4.69, 9.17) is 0 Å². The quantitative estimate of drug-likeness (QED) is 0.526. The highest BCUT2D eigenvalue weighted by atomic mass is 15.1. The van der Waals surface area contributed by atoms with E-state index in [1.165, 1.54) is 25.8 Å². The molecule has 1 nitrogen and oxygen atoms in total. The van der Waals surface area contributed by atoms with Crippen LogP contribution in [0.5, 0.6) is 0 Å². The largest absolute Gasteiger partial charge is 0.375 e. The third kappa shape index (κ3) is 0.796. The van der Waals surface area contributed by atoms with Gasteiger partial charge in [-0.1, -0.05) is 6.08 Å². The Balaban J connectivity index is 2.02. The summed E-state index contributed by atoms with van der Waals surface area (Å²) in [5, 5.41) is 0. The van der Waals surface area contributed by atoms with E-state index in [0.29, 0.717) is 0 Å². The maximum Gasteiger partial charge on any atom is 0.0355 e. The van der Waals surface area contributed by atoms with E-state index in [-0.39, 0.29) is 0 Å². The molecule has 0 radical (unpaired) electrons. The summed E-state index contributed by atoms with van der Waals surface area (Å²) in [6.45, 7) is 1.25. The van der Waals surface area contributed by atoms with Crippen molar-refractivity contribution in [1.82, 2.24) is 4.90 Å². The lowest BCUT2D eigenvalue weighted by Gasteiger charge is -2.30. The number of nitrogens with zero attached hydrogens (tertiary/aromatic N) is 1. The molecular weight excluding hydrogens is 146 g/mol. The minimum Gasteiger partial charge on any atom is -0.375 e. The summed E-state index contributed by atoms with van der Waals surface area (Å²) in [5.74, 6) is 1.88. The van der Waals surface area contributed by atoms with Crippen LogP contribution in [0, 0.1) is 11.8 Å². The van der Waals surface area contributed by atoms with Gasteiger partial charge in [-0.15, -0.1) is 0 Å². The first-order valence-corrected chi connectivity index (χ1v) is 4.98. The molecule has 2 aliphatic carbocycles. The predicted octanol–water partition coefficient (Wildman–Crippen LogP) is 2.17. The van der Waals surface area contributed by atoms with Crippen LogP contribution in [0.2, 0.25) is 0 Å². The minimum atomic E-state index is 0.926. The number of hydrogen-bond acceptors (Lipinski definition) is 1. The zero-order chi connectivity index (χ0) is 8.13. The van der Waals surface area contributed by atoms with Gasteiger partial charge in [-0.25, -0.2) is 0 Å². The Hall–Kier alpha value is -0.720. The van der Waals surface area contributed by atoms with Crippen molar-refractivity contribution in [2.24, 2.45) is 11.8 Å². The highest BCUT2D eigenvalue weighted by molar-refractivity contribution is 5.38. The Bertz CT molecular complexity index is 275. The molecule has 3 aliphatic rings. The summed E-state index contributed by atoms with van der Waals surface area (Å²) in [6.07, 6.45) is 8.93. The van der Waals surface area contributed by atoms with Gasteiger partial charge >= 0.3 is 0 Å². The van der Waals surface area contributed by atoms with Gasteiger partial charge < -0.3 is 4.90 Å². The summed E-state index contributed by atoms with van der Waals surface area (Å²) >= 11 is 0. The molecule has 1 fully saturated rings. The van der Waals surface area contributed by atoms with E-state index in [0.717, 1.165) is 11.8 Å². The lowest BCUT2D eigenvalue weighted by atomic mass is 9.94. The highest BCUT2D eigenvalue weighted by Crippen LogP contribution is 2.51. The maximum atomic E-state index is 2.42. The molecule has 0 bridgehead atoms. The SMILES string of the molecule is CN1CCCC2=C1C=CC1CC21. The van der Waals surface area contributed by atoms with Gasteiger partial charge in [0, 0.05) is 19.3 Å². The van der Waals surface area contributed by atoms with Crippen molar-refractivity contribution in [3.63, 3.8) is 0 Å². The summed E-state index contributed by atoms with van der Waals surface area (Å²) < 4.78 is 0. The third-order valence-corrected chi connectivity index (χ3v) is 3.47. The molecule has 0 aromatic heterocycles. The van der Waals surface area contributed by atoms with Crippen LogP contribution in [-0.4, -0.2) is 18.5 Å². The minimum absolute atomic E-state index is 0.926. The Morgan fingerprint density at radius 2 is 2.42 bits per heavy atom. The Morgan fingerprint density at radius 3 is 3.33 bits per heavy atom. The van der Waals surface area contributed by atoms with Crippen LogP contribution in [0.1, 0.15) is 19.3 Å². The van der Waals surface area contributed by atoms with E-state index in [1.54, 1.807) is 11.3 Å². The summed E-state index contributed by atoms with van der Waals surface area (Å²) in [4.78, 5) is 2.42. The molecule has 1 aliphatic heterocycles. The second kappa shape index (κ2) is 2.15. The predicted molar refractivity (Wildman–Crippen MR) is 49.6 cm³/mol. The van der Waals surface area contributed by atoms with Crippen LogP contribution in [0.25, 0.3) is 0 Å². The molecule has 2 atom stereocenters. The molecule has 1 heteroatoms. The highest BCUT2D eigenvalue weighted by Gasteiger charge is 2.42. The molecule has 0 N–H and O–H groups in total. The second-order valence-electron chi connectivity index (χ2n) is 4.30. The molecule has 3 rings (SSSR count). The molecule has 12 heavy (non-hydrogen) atoms. The summed E-state index contributed by atoms with van der Waals surface area (Å²) in [5.41, 5.74) is 3.30. The topological polar surface area (TPSA) is 3.24 Å². The lowest BCUT2D eigenvalue weighted by molar-refractivity contribution is 0.380. The van der Waals surface area contributed by atoms with E-state index in [9.17, 15) is 0 Å². The zero-order valence-electron chi connectivity index (χ0n) is 7.59. The fraction of sp³-hybridized carbons (Fsp3) is 0.636. The number of rotatable bonds is 0. The van der Waals surface area contributed by atoms with Gasteiger partial charge in [0.25, 0.3) is 0 Å². The molecule has 0 aromatic carbocycles. The standard InChI is InChI=1S/C11H15N/c1-12-6-2-3-9-10-7-8(10)4-5-11(9)12/h4-5,8,10H,2-3,6-7H2,1H3. The Kier molecular flexibility index (Phi) is 1.21. The zero-order valence-corrected chi connectivity index (χ0v) is 7.59. The molecule has 0 aromatic rings. The normalized spacial score (nSPS) is 37.9. The lowest BCUT2D eigenvalue weighted by Crippen LogP contribution is -2.25. The molecule has 0 amide bonds. The molecular formula is C11H15N. The van der Waals surface area contributed by atoms with E-state index >= 15 is 0 Å². The monoisotopic (exact) mass is 161 g/mol. The first-order valence-electron chi connectivity index (χ1n) is 4.98. The fourth-order valence-corrected chi connectivity index (χ4v) is 2.65. The molecule has 1 heterocycles. The van der Waals surface area contributed by atoms with Crippen molar-refractivity contribution in [3.8, 4) is 0 Å². The third-order valence-electron chi connectivity index (χ3n) is 3.47. The van der Waals surface area contributed by atoms with Gasteiger partial charge in [0.05, 0.1) is 0 Å². The van der Waals surface area contributed by atoms with Crippen molar-refractivity contribution < 1.29 is 0 Å². The van der Waals surface area contributed by atoms with Crippen molar-refractivity contribution in [2.75, 3.05) is 13.6 Å². The van der Waals surface area contributed by atoms with Gasteiger partial charge in [-0.3, -0.25) is 0 Å². The van der Waals surface area contributed by atoms with Gasteiger partial charge in [-0.05, 0) is 42.7 Å². The van der Waals surface area contributed by atoms with Crippen molar-refractivity contribution in [2.45, 2.75) is 19.3 Å². The van der Waals surface area contributed by atoms with Gasteiger partial charge in [-0.2, -0.15) is 0 Å². The molecule has 0 saturated heterocycles. The van der Waals surface area contributed by atoms with Gasteiger partial charge in [0.1, 0.15) is 0 Å². The average molecular weight is 161 g/mol. The number of hydrogen-bond donors (Lipinski definition) is 0. The Morgan fingerprint density at radius 1 is 1.50 bits per heavy atom. The maximum absolute atomic E-state index is 2.42. The number of likely N-dealkylation sites (N-methyl/N-ethyl adjacent to an activating group) is 1. The summed E-state index contributed by atoms with van der Waals surface area (Å²) in [6, 6.07) is 0. The second-order valence-corrected chi connectivity index (χ2v) is 4.30. The van der Waals surface area contributed by atoms with Gasteiger partial charge in [0.2, 0.25) is 0 Å². The first kappa shape index (κ1) is 6.76. The van der Waals surface area contributed by atoms with Crippen LogP contribution in [-0.2, 0) is 0 Å². The van der Waals surface area contributed by atoms with E-state index < -0.39 is 0 Å². The van der Waals surface area contributed by atoms with Crippen molar-refractivity contribution >= 4 is 0 Å². The van der Waals surface area contributed by atoms with Crippen molar-refractivity contribution in [3.05, 3.63) is 23.4 Å². The van der Waals surface area contributed by atoms with Gasteiger partial charge in [0.15, 0.2) is 0 Å². The van der Waals surface area contributed by atoms with Crippen molar-refractivity contribution in [1.29, 1.82) is 0 Å². The smallest absolute Gasteiger partial charge is 0.0355 e. The number of fused-ring (bicyclic) bond motifs is 2. The molecule has 64 valence electrons. The summed E-state index contributed by atoms with van der Waals surface area (Å²) in [7, 11) is 2.22. The first-order chi connectivity index (χ1) is 5.86. The average Bonchev–Trinajstić information content (AvgIpc) is 2.83. The van der Waals surface area contributed by atoms with E-state index in [1.807, 2.05) is 0 Å². The Labute approximate surface area is 73.8 Å². The number of allylic oxidation sites excluding steroid dienone is 3. The van der Waals surface area contributed by atoms with Crippen LogP contribution in [0.4, 0.5) is 0 Å². The van der Waals surface area contributed by atoms with Crippen LogP contribution in [0.15, 0.2) is 23.4 Å². The van der Waals surface area contributed by atoms with E-state index in [2.05, 4.69) is 24.1 Å². The molecule has 0 spiro atoms. The van der Waals surface area contributed by atoms with Crippen LogP contribution < -0.4 is 0 Å². The van der Waals surface area contributed by atoms with Crippen LogP contribution in [0.3, 0.4) is 0 Å². The fourth-order valence-electron chi connectivity index (χ4n) is 2.65. The van der Waals surface area contributed by atoms with Crippen LogP contribution >= 0.6 is 0 Å².